The van der Waals surface area contributed by atoms with Crippen LogP contribution in [0.1, 0.15) is 45.4 Å². The van der Waals surface area contributed by atoms with Crippen molar-refractivity contribution in [3.8, 4) is 0 Å². The molecule has 0 bridgehead atoms. The molecule has 0 spiro atoms. The molecule has 3 rings (SSSR count). The van der Waals surface area contributed by atoms with E-state index in [9.17, 15) is 17.6 Å². The number of carbonyl (C=O) groups is 1. The monoisotopic (exact) mass is 411 g/mol. The van der Waals surface area contributed by atoms with Gasteiger partial charge in [0, 0.05) is 32.2 Å². The molecule has 1 aliphatic heterocycles. The molecule has 156 valence electrons. The normalized spacial score (nSPS) is 21.8. The maximum absolute atomic E-state index is 13.1. The van der Waals surface area contributed by atoms with E-state index in [4.69, 9.17) is 0 Å². The molecule has 6 nitrogen and oxygen atoms in total. The molecule has 0 aromatic heterocycles. The lowest BCUT2D eigenvalue weighted by Gasteiger charge is -2.37. The number of sulfonamides is 1. The van der Waals surface area contributed by atoms with Crippen molar-refractivity contribution in [1.29, 1.82) is 0 Å². The Balaban J connectivity index is 1.53. The molecule has 1 saturated carbocycles. The Bertz CT molecular complexity index is 753. The average Bonchev–Trinajstić information content (AvgIpc) is 2.96. The van der Waals surface area contributed by atoms with Crippen LogP contribution in [0.2, 0.25) is 0 Å². The van der Waals surface area contributed by atoms with E-state index in [1.54, 1.807) is 0 Å². The van der Waals surface area contributed by atoms with E-state index < -0.39 is 15.8 Å². The second kappa shape index (κ2) is 9.33. The van der Waals surface area contributed by atoms with Crippen molar-refractivity contribution < 1.29 is 17.6 Å². The standard InChI is InChI=1S/C20H30FN3O3S/c1-16(20(25)22-18-6-4-2-3-5-7-18)23-12-14-24(15-13-23)28(26,27)19-10-8-17(21)9-11-19/h8-11,16,18H,2-7,12-15H2,1H3,(H,22,25)/t16-/m0/s1. The van der Waals surface area contributed by atoms with E-state index in [0.29, 0.717) is 26.2 Å². The van der Waals surface area contributed by atoms with Crippen LogP contribution in [-0.4, -0.2) is 61.8 Å². The molecular weight excluding hydrogens is 381 g/mol. The number of carbonyl (C=O) groups excluding carboxylic acids is 1. The first-order chi connectivity index (χ1) is 13.4. The van der Waals surface area contributed by atoms with Gasteiger partial charge in [-0.1, -0.05) is 25.7 Å². The minimum atomic E-state index is -3.64. The van der Waals surface area contributed by atoms with E-state index >= 15 is 0 Å². The first kappa shape index (κ1) is 21.2. The molecular formula is C20H30FN3O3S. The van der Waals surface area contributed by atoms with Crippen LogP contribution in [-0.2, 0) is 14.8 Å². The van der Waals surface area contributed by atoms with Gasteiger partial charge in [-0.15, -0.1) is 0 Å². The Kier molecular flexibility index (Phi) is 7.06. The van der Waals surface area contributed by atoms with Crippen molar-refractivity contribution in [2.24, 2.45) is 0 Å². The topological polar surface area (TPSA) is 69.7 Å². The largest absolute Gasteiger partial charge is 0.352 e. The Labute approximate surface area is 167 Å². The van der Waals surface area contributed by atoms with Gasteiger partial charge in [0.2, 0.25) is 15.9 Å². The molecule has 2 aliphatic rings. The summed E-state index contributed by atoms with van der Waals surface area (Å²) in [6.07, 6.45) is 6.90. The van der Waals surface area contributed by atoms with Crippen LogP contribution >= 0.6 is 0 Å². The number of hydrogen-bond acceptors (Lipinski definition) is 4. The van der Waals surface area contributed by atoms with E-state index in [1.807, 2.05) is 11.8 Å². The van der Waals surface area contributed by atoms with Crippen LogP contribution in [0.5, 0.6) is 0 Å². The number of hydrogen-bond donors (Lipinski definition) is 1. The quantitative estimate of drug-likeness (QED) is 0.756. The molecule has 28 heavy (non-hydrogen) atoms. The Morgan fingerprint density at radius 3 is 2.18 bits per heavy atom. The third-order valence-electron chi connectivity index (χ3n) is 5.85. The highest BCUT2D eigenvalue weighted by Crippen LogP contribution is 2.20. The summed E-state index contributed by atoms with van der Waals surface area (Å²) in [5, 5.41) is 3.18. The summed E-state index contributed by atoms with van der Waals surface area (Å²) < 4.78 is 39.9. The van der Waals surface area contributed by atoms with Crippen LogP contribution in [0.3, 0.4) is 0 Å². The van der Waals surface area contributed by atoms with Crippen molar-refractivity contribution >= 4 is 15.9 Å². The number of benzene rings is 1. The molecule has 0 unspecified atom stereocenters. The average molecular weight is 412 g/mol. The molecule has 1 aliphatic carbocycles. The van der Waals surface area contributed by atoms with Crippen LogP contribution in [0, 0.1) is 5.82 Å². The second-order valence-corrected chi connectivity index (χ2v) is 9.70. The summed E-state index contributed by atoms with van der Waals surface area (Å²) in [6.45, 7) is 3.52. The van der Waals surface area contributed by atoms with Gasteiger partial charge in [0.1, 0.15) is 5.82 Å². The van der Waals surface area contributed by atoms with Gasteiger partial charge >= 0.3 is 0 Å². The van der Waals surface area contributed by atoms with Gasteiger partial charge < -0.3 is 5.32 Å². The van der Waals surface area contributed by atoms with Crippen LogP contribution in [0.15, 0.2) is 29.2 Å². The predicted molar refractivity (Wildman–Crippen MR) is 106 cm³/mol. The molecule has 1 heterocycles. The molecule has 8 heteroatoms. The number of nitrogens with zero attached hydrogens (tertiary/aromatic N) is 2. The van der Waals surface area contributed by atoms with E-state index in [1.165, 1.54) is 42.1 Å². The third-order valence-corrected chi connectivity index (χ3v) is 7.77. The SMILES string of the molecule is C[C@@H](C(=O)NC1CCCCCC1)N1CCN(S(=O)(=O)c2ccc(F)cc2)CC1. The first-order valence-corrected chi connectivity index (χ1v) is 11.6. The maximum atomic E-state index is 13.1. The fraction of sp³-hybridized carbons (Fsp3) is 0.650. The van der Waals surface area contributed by atoms with Crippen LogP contribution < -0.4 is 5.32 Å². The van der Waals surface area contributed by atoms with Gasteiger partial charge in [0.15, 0.2) is 0 Å². The van der Waals surface area contributed by atoms with Gasteiger partial charge in [0.05, 0.1) is 10.9 Å². The molecule has 1 N–H and O–H groups in total. The molecule has 1 atom stereocenters. The molecule has 1 aromatic carbocycles. The number of amides is 1. The van der Waals surface area contributed by atoms with Crippen molar-refractivity contribution in [2.45, 2.75) is 62.4 Å². The van der Waals surface area contributed by atoms with Gasteiger partial charge in [0.25, 0.3) is 0 Å². The van der Waals surface area contributed by atoms with Crippen molar-refractivity contribution in [3.63, 3.8) is 0 Å². The maximum Gasteiger partial charge on any atom is 0.243 e. The highest BCUT2D eigenvalue weighted by Gasteiger charge is 2.32. The summed E-state index contributed by atoms with van der Waals surface area (Å²) in [6, 6.07) is 4.88. The lowest BCUT2D eigenvalue weighted by molar-refractivity contribution is -0.127. The summed E-state index contributed by atoms with van der Waals surface area (Å²) in [5.41, 5.74) is 0. The molecule has 1 aromatic rings. The zero-order valence-electron chi connectivity index (χ0n) is 16.4. The minimum Gasteiger partial charge on any atom is -0.352 e. The third kappa shape index (κ3) is 5.10. The zero-order chi connectivity index (χ0) is 20.1. The van der Waals surface area contributed by atoms with Crippen LogP contribution in [0.25, 0.3) is 0 Å². The molecule has 0 radical (unpaired) electrons. The molecule has 1 amide bonds. The van der Waals surface area contributed by atoms with Crippen molar-refractivity contribution in [3.05, 3.63) is 30.1 Å². The molecule has 2 fully saturated rings. The predicted octanol–water partition coefficient (Wildman–Crippen LogP) is 2.36. The smallest absolute Gasteiger partial charge is 0.243 e. The number of nitrogens with one attached hydrogen (secondary N) is 1. The lowest BCUT2D eigenvalue weighted by Crippen LogP contribution is -2.55. The highest BCUT2D eigenvalue weighted by atomic mass is 32.2. The second-order valence-electron chi connectivity index (χ2n) is 7.77. The van der Waals surface area contributed by atoms with Crippen LogP contribution in [0.4, 0.5) is 4.39 Å². The summed E-state index contributed by atoms with van der Waals surface area (Å²) in [4.78, 5) is 14.8. The number of rotatable bonds is 5. The van der Waals surface area contributed by atoms with Gasteiger partial charge in [-0.3, -0.25) is 9.69 Å². The number of piperazine rings is 1. The summed E-state index contributed by atoms with van der Waals surface area (Å²) in [5.74, 6) is -0.431. The van der Waals surface area contributed by atoms with Gasteiger partial charge in [-0.05, 0) is 44.0 Å². The van der Waals surface area contributed by atoms with E-state index in [0.717, 1.165) is 25.0 Å². The highest BCUT2D eigenvalue weighted by molar-refractivity contribution is 7.89. The fourth-order valence-electron chi connectivity index (χ4n) is 4.00. The lowest BCUT2D eigenvalue weighted by atomic mass is 10.1. The van der Waals surface area contributed by atoms with Gasteiger partial charge in [-0.2, -0.15) is 4.31 Å². The van der Waals surface area contributed by atoms with Crippen molar-refractivity contribution in [2.75, 3.05) is 26.2 Å². The Morgan fingerprint density at radius 2 is 1.61 bits per heavy atom. The first-order valence-electron chi connectivity index (χ1n) is 10.2. The van der Waals surface area contributed by atoms with E-state index in [-0.39, 0.29) is 22.9 Å². The van der Waals surface area contributed by atoms with E-state index in [2.05, 4.69) is 5.32 Å². The zero-order valence-corrected chi connectivity index (χ0v) is 17.3. The van der Waals surface area contributed by atoms with Crippen molar-refractivity contribution in [1.82, 2.24) is 14.5 Å². The Hall–Kier alpha value is -1.51. The molecule has 1 saturated heterocycles. The Morgan fingerprint density at radius 1 is 1.04 bits per heavy atom. The van der Waals surface area contributed by atoms with Gasteiger partial charge in [-0.25, -0.2) is 12.8 Å². The summed E-state index contributed by atoms with van der Waals surface area (Å²) in [7, 11) is -3.64. The summed E-state index contributed by atoms with van der Waals surface area (Å²) >= 11 is 0. The fourth-order valence-corrected chi connectivity index (χ4v) is 5.42. The number of halogens is 1. The minimum absolute atomic E-state index is 0.0294.